The van der Waals surface area contributed by atoms with E-state index in [0.29, 0.717) is 34.6 Å². The average molecular weight is 467 g/mol. The van der Waals surface area contributed by atoms with Gasteiger partial charge in [-0.05, 0) is 35.7 Å². The molecule has 162 valence electrons. The number of carbonyl (C=O) groups is 1. The summed E-state index contributed by atoms with van der Waals surface area (Å²) in [7, 11) is 1.58. The highest BCUT2D eigenvalue weighted by Gasteiger charge is 2.35. The van der Waals surface area contributed by atoms with E-state index in [1.807, 2.05) is 53.9 Å². The van der Waals surface area contributed by atoms with Gasteiger partial charge in [0.25, 0.3) is 17.0 Å². The lowest BCUT2D eigenvalue weighted by Crippen LogP contribution is -2.28. The second kappa shape index (κ2) is 9.01. The van der Waals surface area contributed by atoms with Crippen LogP contribution < -0.4 is 4.74 Å². The molecule has 0 aliphatic carbocycles. The number of aromatic nitrogens is 2. The molecule has 32 heavy (non-hydrogen) atoms. The van der Waals surface area contributed by atoms with Gasteiger partial charge in [0.15, 0.2) is 0 Å². The first-order chi connectivity index (χ1) is 15.7. The monoisotopic (exact) mass is 466 g/mol. The van der Waals surface area contributed by atoms with Crippen molar-refractivity contribution in [1.29, 1.82) is 0 Å². The number of thiophene rings is 1. The molecule has 0 spiro atoms. The van der Waals surface area contributed by atoms with Gasteiger partial charge in [-0.25, -0.2) is 5.01 Å². The van der Waals surface area contributed by atoms with Gasteiger partial charge in [-0.1, -0.05) is 30.0 Å². The largest absolute Gasteiger partial charge is 0.496 e. The van der Waals surface area contributed by atoms with Crippen molar-refractivity contribution < 1.29 is 18.4 Å². The Bertz CT molecular complexity index is 1230. The second-order valence-electron chi connectivity index (χ2n) is 6.86. The van der Waals surface area contributed by atoms with Crippen molar-refractivity contribution in [1.82, 2.24) is 15.2 Å². The normalized spacial score (nSPS) is 15.7. The predicted octanol–water partition coefficient (Wildman–Crippen LogP) is 4.87. The van der Waals surface area contributed by atoms with Crippen LogP contribution in [0.2, 0.25) is 0 Å². The van der Waals surface area contributed by atoms with Gasteiger partial charge < -0.3 is 13.6 Å². The van der Waals surface area contributed by atoms with E-state index in [2.05, 4.69) is 15.3 Å². The molecule has 4 heterocycles. The molecule has 0 fully saturated rings. The summed E-state index contributed by atoms with van der Waals surface area (Å²) in [5.41, 5.74) is 1.57. The molecule has 0 saturated carbocycles. The van der Waals surface area contributed by atoms with Crippen LogP contribution >= 0.6 is 23.1 Å². The topological polar surface area (TPSA) is 94.0 Å². The molecule has 0 unspecified atom stereocenters. The number of benzene rings is 1. The summed E-state index contributed by atoms with van der Waals surface area (Å²) in [5, 5.41) is 16.6. The lowest BCUT2D eigenvalue weighted by atomic mass is 10.1. The summed E-state index contributed by atoms with van der Waals surface area (Å²) in [6, 6.07) is 14.8. The van der Waals surface area contributed by atoms with Crippen molar-refractivity contribution in [3.63, 3.8) is 0 Å². The van der Waals surface area contributed by atoms with Crippen LogP contribution in [0.15, 0.2) is 79.3 Å². The Balaban J connectivity index is 1.31. The van der Waals surface area contributed by atoms with E-state index >= 15 is 0 Å². The molecule has 1 atom stereocenters. The average Bonchev–Trinajstić information content (AvgIpc) is 3.63. The molecule has 1 aromatic carbocycles. The van der Waals surface area contributed by atoms with Gasteiger partial charge in [0.2, 0.25) is 0 Å². The maximum atomic E-state index is 13.1. The van der Waals surface area contributed by atoms with Gasteiger partial charge in [0.1, 0.15) is 17.6 Å². The Morgan fingerprint density at radius 2 is 2.12 bits per heavy atom. The summed E-state index contributed by atoms with van der Waals surface area (Å²) in [5.74, 6) is 1.61. The van der Waals surface area contributed by atoms with E-state index in [1.54, 1.807) is 24.7 Å². The molecule has 5 rings (SSSR count). The highest BCUT2D eigenvalue weighted by atomic mass is 32.2. The number of thioether (sulfide) groups is 1. The lowest BCUT2D eigenvalue weighted by molar-refractivity contribution is -0.130. The zero-order valence-electron chi connectivity index (χ0n) is 17.0. The number of hydrogen-bond acceptors (Lipinski definition) is 9. The number of nitrogens with zero attached hydrogens (tertiary/aromatic N) is 4. The number of furan rings is 1. The molecule has 1 aliphatic heterocycles. The van der Waals surface area contributed by atoms with E-state index < -0.39 is 0 Å². The Morgan fingerprint density at radius 3 is 2.91 bits per heavy atom. The van der Waals surface area contributed by atoms with Crippen molar-refractivity contribution in [3.05, 3.63) is 70.8 Å². The molecule has 0 radical (unpaired) electrons. The molecule has 3 aromatic heterocycles. The Kier molecular flexibility index (Phi) is 5.78. The number of methoxy groups -OCH3 is 1. The van der Waals surface area contributed by atoms with Crippen LogP contribution in [-0.4, -0.2) is 39.7 Å². The summed E-state index contributed by atoms with van der Waals surface area (Å²) in [4.78, 5) is 14.1. The zero-order valence-corrected chi connectivity index (χ0v) is 18.6. The first kappa shape index (κ1) is 20.5. The fourth-order valence-corrected chi connectivity index (χ4v) is 4.76. The first-order valence-electron chi connectivity index (χ1n) is 9.79. The van der Waals surface area contributed by atoms with E-state index in [4.69, 9.17) is 13.6 Å². The fourth-order valence-electron chi connectivity index (χ4n) is 3.42. The summed E-state index contributed by atoms with van der Waals surface area (Å²) in [6.45, 7) is 0. The summed E-state index contributed by atoms with van der Waals surface area (Å²) in [6.07, 6.45) is 2.20. The first-order valence-corrected chi connectivity index (χ1v) is 11.7. The lowest BCUT2D eigenvalue weighted by Gasteiger charge is -2.19. The molecule has 0 saturated heterocycles. The highest BCUT2D eigenvalue weighted by Crippen LogP contribution is 2.35. The number of ether oxygens (including phenoxy) is 1. The third kappa shape index (κ3) is 4.06. The quantitative estimate of drug-likeness (QED) is 0.359. The molecule has 8 nitrogen and oxygen atoms in total. The van der Waals surface area contributed by atoms with Crippen LogP contribution in [0.25, 0.3) is 11.5 Å². The van der Waals surface area contributed by atoms with Crippen molar-refractivity contribution >= 4 is 34.7 Å². The smallest absolute Gasteiger partial charge is 0.277 e. The Labute approximate surface area is 191 Å². The van der Waals surface area contributed by atoms with Crippen molar-refractivity contribution in [3.8, 4) is 17.2 Å². The molecule has 1 aliphatic rings. The zero-order chi connectivity index (χ0) is 21.9. The van der Waals surface area contributed by atoms with Gasteiger partial charge >= 0.3 is 0 Å². The molecule has 10 heteroatoms. The third-order valence-corrected chi connectivity index (χ3v) is 6.63. The van der Waals surface area contributed by atoms with E-state index in [-0.39, 0.29) is 17.7 Å². The van der Waals surface area contributed by atoms with E-state index in [9.17, 15) is 4.79 Å². The number of para-hydroxylation sites is 1. The predicted molar refractivity (Wildman–Crippen MR) is 121 cm³/mol. The van der Waals surface area contributed by atoms with Crippen molar-refractivity contribution in [2.45, 2.75) is 17.7 Å². The number of rotatable bonds is 7. The Hall–Kier alpha value is -3.37. The van der Waals surface area contributed by atoms with Gasteiger partial charge in [0, 0.05) is 6.42 Å². The van der Waals surface area contributed by atoms with Crippen LogP contribution in [0.5, 0.6) is 5.75 Å². The minimum Gasteiger partial charge on any atom is -0.496 e. The number of hydrogen-bond donors (Lipinski definition) is 0. The fraction of sp³-hybridized carbons (Fsp3) is 0.182. The van der Waals surface area contributed by atoms with Crippen LogP contribution in [-0.2, 0) is 4.79 Å². The molecule has 1 amide bonds. The van der Waals surface area contributed by atoms with Gasteiger partial charge in [-0.2, -0.15) is 5.10 Å². The van der Waals surface area contributed by atoms with Crippen molar-refractivity contribution in [2.24, 2.45) is 5.10 Å². The van der Waals surface area contributed by atoms with Crippen LogP contribution in [0, 0.1) is 0 Å². The molecular formula is C22H18N4O4S2. The summed E-state index contributed by atoms with van der Waals surface area (Å²) < 4.78 is 16.7. The number of hydrazone groups is 1. The minimum atomic E-state index is -0.276. The van der Waals surface area contributed by atoms with E-state index in [0.717, 1.165) is 10.6 Å². The van der Waals surface area contributed by atoms with Crippen LogP contribution in [0.3, 0.4) is 0 Å². The number of amides is 1. The maximum Gasteiger partial charge on any atom is 0.277 e. The highest BCUT2D eigenvalue weighted by molar-refractivity contribution is 7.99. The molecule has 4 aromatic rings. The SMILES string of the molecule is COc1ccccc1-c1nnc(SCC(=O)N2N=C(c3cccs3)C[C@@H]2c2ccco2)o1. The van der Waals surface area contributed by atoms with Crippen molar-refractivity contribution in [2.75, 3.05) is 12.9 Å². The van der Waals surface area contributed by atoms with Gasteiger partial charge in [0.05, 0.1) is 35.3 Å². The van der Waals surface area contributed by atoms with Gasteiger partial charge in [-0.3, -0.25) is 4.79 Å². The summed E-state index contributed by atoms with van der Waals surface area (Å²) >= 11 is 2.77. The maximum absolute atomic E-state index is 13.1. The Morgan fingerprint density at radius 1 is 1.22 bits per heavy atom. The van der Waals surface area contributed by atoms with Gasteiger partial charge in [-0.15, -0.1) is 21.5 Å². The molecular weight excluding hydrogens is 448 g/mol. The second-order valence-corrected chi connectivity index (χ2v) is 8.73. The number of carbonyl (C=O) groups excluding carboxylic acids is 1. The molecule has 0 bridgehead atoms. The minimum absolute atomic E-state index is 0.103. The van der Waals surface area contributed by atoms with Crippen LogP contribution in [0.1, 0.15) is 23.1 Å². The van der Waals surface area contributed by atoms with E-state index in [1.165, 1.54) is 16.8 Å². The standard InChI is InChI=1S/C22H18N4O4S2/c1-28-17-7-3-2-6-14(17)21-23-24-22(30-21)32-13-20(27)26-16(18-8-4-10-29-18)12-15(25-26)19-9-5-11-31-19/h2-11,16H,12-13H2,1H3/t16-/m1/s1. The molecule has 0 N–H and O–H groups in total. The third-order valence-electron chi connectivity index (χ3n) is 4.91. The van der Waals surface area contributed by atoms with Crippen LogP contribution in [0.4, 0.5) is 0 Å².